The Morgan fingerprint density at radius 3 is 2.77 bits per heavy atom. The Labute approximate surface area is 151 Å². The molecule has 0 unspecified atom stereocenters. The van der Waals surface area contributed by atoms with Crippen LogP contribution in [0.1, 0.15) is 21.5 Å². The minimum absolute atomic E-state index is 0.0260. The molecular weight excluding hydrogens is 326 g/mol. The SMILES string of the molecule is Cc1ccc2[nH]cc(CN(C)C(=O)c3cccc(-n4cnnc4)c3)c2c1. The van der Waals surface area contributed by atoms with E-state index in [1.54, 1.807) is 22.1 Å². The fourth-order valence-corrected chi connectivity index (χ4v) is 3.10. The van der Waals surface area contributed by atoms with Crippen LogP contribution in [-0.4, -0.2) is 37.6 Å². The number of rotatable bonds is 4. The quantitative estimate of drug-likeness (QED) is 0.617. The van der Waals surface area contributed by atoms with Crippen molar-refractivity contribution in [2.75, 3.05) is 7.05 Å². The average Bonchev–Trinajstić information content (AvgIpc) is 3.32. The van der Waals surface area contributed by atoms with Gasteiger partial charge in [-0.05, 0) is 42.8 Å². The molecule has 0 radical (unpaired) electrons. The Kier molecular flexibility index (Phi) is 4.01. The van der Waals surface area contributed by atoms with Gasteiger partial charge in [-0.3, -0.25) is 9.36 Å². The van der Waals surface area contributed by atoms with Crippen LogP contribution in [0.5, 0.6) is 0 Å². The fourth-order valence-electron chi connectivity index (χ4n) is 3.10. The van der Waals surface area contributed by atoms with Crippen LogP contribution in [0.15, 0.2) is 61.3 Å². The highest BCUT2D eigenvalue weighted by Gasteiger charge is 2.15. The van der Waals surface area contributed by atoms with Crippen molar-refractivity contribution >= 4 is 16.8 Å². The van der Waals surface area contributed by atoms with E-state index in [-0.39, 0.29) is 5.91 Å². The maximum absolute atomic E-state index is 12.9. The molecule has 0 fully saturated rings. The average molecular weight is 345 g/mol. The first-order valence-electron chi connectivity index (χ1n) is 8.39. The summed E-state index contributed by atoms with van der Waals surface area (Å²) in [6, 6.07) is 13.8. The second-order valence-electron chi connectivity index (χ2n) is 6.44. The first-order valence-corrected chi connectivity index (χ1v) is 8.39. The standard InChI is InChI=1S/C20H19N5O/c1-14-6-7-19-18(8-14)16(10-21-19)11-24(2)20(26)15-4-3-5-17(9-15)25-12-22-23-13-25/h3-10,12-13,21H,11H2,1-2H3. The third-order valence-electron chi connectivity index (χ3n) is 4.49. The van der Waals surface area contributed by atoms with E-state index >= 15 is 0 Å². The zero-order chi connectivity index (χ0) is 18.1. The van der Waals surface area contributed by atoms with Gasteiger partial charge in [-0.25, -0.2) is 0 Å². The first-order chi connectivity index (χ1) is 12.6. The molecule has 2 heterocycles. The summed E-state index contributed by atoms with van der Waals surface area (Å²) in [5.41, 5.74) is 4.89. The highest BCUT2D eigenvalue weighted by Crippen LogP contribution is 2.21. The molecule has 6 heteroatoms. The number of carbonyl (C=O) groups excluding carboxylic acids is 1. The number of hydrogen-bond donors (Lipinski definition) is 1. The number of H-pyrrole nitrogens is 1. The monoisotopic (exact) mass is 345 g/mol. The van der Waals surface area contributed by atoms with Crippen molar-refractivity contribution in [1.82, 2.24) is 24.6 Å². The Morgan fingerprint density at radius 1 is 1.15 bits per heavy atom. The number of fused-ring (bicyclic) bond motifs is 1. The van der Waals surface area contributed by atoms with E-state index in [2.05, 4.69) is 40.3 Å². The van der Waals surface area contributed by atoms with Crippen molar-refractivity contribution in [2.45, 2.75) is 13.5 Å². The maximum Gasteiger partial charge on any atom is 0.253 e. The van der Waals surface area contributed by atoms with Crippen LogP contribution in [0.25, 0.3) is 16.6 Å². The van der Waals surface area contributed by atoms with Gasteiger partial charge >= 0.3 is 0 Å². The van der Waals surface area contributed by atoms with Gasteiger partial charge < -0.3 is 9.88 Å². The van der Waals surface area contributed by atoms with E-state index in [1.165, 1.54) is 5.56 Å². The topological polar surface area (TPSA) is 66.8 Å². The maximum atomic E-state index is 12.9. The molecule has 2 aromatic carbocycles. The van der Waals surface area contributed by atoms with E-state index in [0.29, 0.717) is 12.1 Å². The summed E-state index contributed by atoms with van der Waals surface area (Å²) in [5.74, 6) is -0.0260. The van der Waals surface area contributed by atoms with E-state index in [4.69, 9.17) is 0 Å². The molecule has 26 heavy (non-hydrogen) atoms. The van der Waals surface area contributed by atoms with Crippen molar-refractivity contribution in [3.63, 3.8) is 0 Å². The van der Waals surface area contributed by atoms with Gasteiger partial charge in [-0.1, -0.05) is 17.7 Å². The molecule has 0 aliphatic carbocycles. The lowest BCUT2D eigenvalue weighted by molar-refractivity contribution is 0.0785. The van der Waals surface area contributed by atoms with Crippen LogP contribution in [0.4, 0.5) is 0 Å². The minimum atomic E-state index is -0.0260. The van der Waals surface area contributed by atoms with E-state index in [1.807, 2.05) is 37.5 Å². The highest BCUT2D eigenvalue weighted by atomic mass is 16.2. The van der Waals surface area contributed by atoms with Crippen molar-refractivity contribution in [2.24, 2.45) is 0 Å². The lowest BCUT2D eigenvalue weighted by Gasteiger charge is -2.17. The van der Waals surface area contributed by atoms with Crippen LogP contribution in [0.2, 0.25) is 0 Å². The number of aryl methyl sites for hydroxylation is 1. The molecule has 0 atom stereocenters. The Morgan fingerprint density at radius 2 is 1.96 bits per heavy atom. The molecule has 6 nitrogen and oxygen atoms in total. The number of aromatic nitrogens is 4. The lowest BCUT2D eigenvalue weighted by atomic mass is 10.1. The van der Waals surface area contributed by atoms with Gasteiger partial charge in [0.2, 0.25) is 0 Å². The van der Waals surface area contributed by atoms with Crippen molar-refractivity contribution in [3.8, 4) is 5.69 Å². The van der Waals surface area contributed by atoms with Crippen LogP contribution in [0, 0.1) is 6.92 Å². The van der Waals surface area contributed by atoms with Crippen molar-refractivity contribution in [1.29, 1.82) is 0 Å². The number of benzene rings is 2. The molecule has 0 aliphatic rings. The summed E-state index contributed by atoms with van der Waals surface area (Å²) < 4.78 is 1.78. The second kappa shape index (κ2) is 6.48. The molecule has 2 aromatic heterocycles. The largest absolute Gasteiger partial charge is 0.361 e. The second-order valence-corrected chi connectivity index (χ2v) is 6.44. The van der Waals surface area contributed by atoms with Crippen molar-refractivity contribution < 1.29 is 4.79 Å². The zero-order valence-corrected chi connectivity index (χ0v) is 14.7. The van der Waals surface area contributed by atoms with Gasteiger partial charge in [0, 0.05) is 41.9 Å². The van der Waals surface area contributed by atoms with Crippen molar-refractivity contribution in [3.05, 3.63) is 78.0 Å². The summed E-state index contributed by atoms with van der Waals surface area (Å²) in [7, 11) is 1.82. The van der Waals surface area contributed by atoms with Crippen LogP contribution in [-0.2, 0) is 6.54 Å². The molecular formula is C20H19N5O. The molecule has 130 valence electrons. The lowest BCUT2D eigenvalue weighted by Crippen LogP contribution is -2.26. The third-order valence-corrected chi connectivity index (χ3v) is 4.49. The van der Waals surface area contributed by atoms with Gasteiger partial charge in [0.15, 0.2) is 0 Å². The van der Waals surface area contributed by atoms with Crippen LogP contribution in [0.3, 0.4) is 0 Å². The third kappa shape index (κ3) is 2.97. The Hall–Kier alpha value is -3.41. The molecule has 0 aliphatic heterocycles. The fraction of sp³-hybridized carbons (Fsp3) is 0.150. The van der Waals surface area contributed by atoms with Crippen LogP contribution >= 0.6 is 0 Å². The number of hydrogen-bond acceptors (Lipinski definition) is 3. The molecule has 0 bridgehead atoms. The molecule has 0 saturated carbocycles. The number of nitrogens with zero attached hydrogens (tertiary/aromatic N) is 4. The summed E-state index contributed by atoms with van der Waals surface area (Å²) in [4.78, 5) is 17.9. The smallest absolute Gasteiger partial charge is 0.253 e. The van der Waals surface area contributed by atoms with Gasteiger partial charge in [-0.15, -0.1) is 10.2 Å². The molecule has 1 N–H and O–H groups in total. The molecule has 0 spiro atoms. The summed E-state index contributed by atoms with van der Waals surface area (Å²) in [6.45, 7) is 2.61. The van der Waals surface area contributed by atoms with Gasteiger partial charge in [0.25, 0.3) is 5.91 Å². The van der Waals surface area contributed by atoms with Gasteiger partial charge in [0.05, 0.1) is 0 Å². The van der Waals surface area contributed by atoms with E-state index < -0.39 is 0 Å². The Bertz CT molecular complexity index is 1060. The summed E-state index contributed by atoms with van der Waals surface area (Å²) in [5, 5.41) is 8.77. The first kappa shape index (κ1) is 16.1. The molecule has 4 aromatic rings. The number of amides is 1. The Balaban J connectivity index is 1.58. The predicted molar refractivity (Wildman–Crippen MR) is 100 cm³/mol. The molecule has 1 amide bonds. The summed E-state index contributed by atoms with van der Waals surface area (Å²) in [6.07, 6.45) is 5.20. The summed E-state index contributed by atoms with van der Waals surface area (Å²) >= 11 is 0. The normalized spacial score (nSPS) is 11.0. The van der Waals surface area contributed by atoms with Crippen LogP contribution < -0.4 is 0 Å². The number of aromatic amines is 1. The van der Waals surface area contributed by atoms with E-state index in [9.17, 15) is 4.79 Å². The number of carbonyl (C=O) groups is 1. The highest BCUT2D eigenvalue weighted by molar-refractivity contribution is 5.95. The van der Waals surface area contributed by atoms with E-state index in [0.717, 1.165) is 22.2 Å². The predicted octanol–water partition coefficient (Wildman–Crippen LogP) is 3.33. The molecule has 0 saturated heterocycles. The number of nitrogens with one attached hydrogen (secondary N) is 1. The minimum Gasteiger partial charge on any atom is -0.361 e. The van der Waals surface area contributed by atoms with Gasteiger partial charge in [0.1, 0.15) is 12.7 Å². The zero-order valence-electron chi connectivity index (χ0n) is 14.7. The molecule has 4 rings (SSSR count). The van der Waals surface area contributed by atoms with Gasteiger partial charge in [-0.2, -0.15) is 0 Å².